The predicted octanol–water partition coefficient (Wildman–Crippen LogP) is 4.44. The summed E-state index contributed by atoms with van der Waals surface area (Å²) in [4.78, 5) is 33.5. The summed E-state index contributed by atoms with van der Waals surface area (Å²) in [5.41, 5.74) is 2.14. The number of benzene rings is 1. The second-order valence-electron chi connectivity index (χ2n) is 8.69. The summed E-state index contributed by atoms with van der Waals surface area (Å²) in [5.74, 6) is -0.246. The van der Waals surface area contributed by atoms with Gasteiger partial charge in [-0.2, -0.15) is 0 Å². The van der Waals surface area contributed by atoms with Crippen molar-refractivity contribution in [2.24, 2.45) is 0 Å². The van der Waals surface area contributed by atoms with E-state index in [-0.39, 0.29) is 23.8 Å². The van der Waals surface area contributed by atoms with Crippen LogP contribution in [0.2, 0.25) is 0 Å². The van der Waals surface area contributed by atoms with Crippen LogP contribution in [0.15, 0.2) is 48.8 Å². The zero-order valence-corrected chi connectivity index (χ0v) is 17.9. The number of carbonyl (C=O) groups excluding carboxylic acids is 2. The molecule has 4 rings (SSSR count). The number of rotatable bonds is 5. The fourth-order valence-corrected chi connectivity index (χ4v) is 5.40. The quantitative estimate of drug-likeness (QED) is 0.800. The molecule has 1 N–H and O–H groups in total. The van der Waals surface area contributed by atoms with E-state index >= 15 is 0 Å². The van der Waals surface area contributed by atoms with E-state index in [0.717, 1.165) is 49.7 Å². The number of pyridine rings is 1. The van der Waals surface area contributed by atoms with Crippen LogP contribution >= 0.6 is 0 Å². The summed E-state index contributed by atoms with van der Waals surface area (Å²) < 4.78 is 0. The molecule has 158 valence electrons. The van der Waals surface area contributed by atoms with Crippen LogP contribution in [-0.4, -0.2) is 33.3 Å². The Labute approximate surface area is 178 Å². The van der Waals surface area contributed by atoms with E-state index in [1.165, 1.54) is 0 Å². The number of amides is 2. The molecule has 1 aromatic heterocycles. The molecule has 5 nitrogen and oxygen atoms in total. The van der Waals surface area contributed by atoms with Gasteiger partial charge < -0.3 is 10.2 Å². The Kier molecular flexibility index (Phi) is 5.89. The van der Waals surface area contributed by atoms with Gasteiger partial charge in [-0.05, 0) is 55.5 Å². The molecule has 1 saturated carbocycles. The molecule has 2 heterocycles. The molecule has 2 amide bonds. The average molecular weight is 406 g/mol. The molecule has 1 aliphatic heterocycles. The van der Waals surface area contributed by atoms with Crippen molar-refractivity contribution < 1.29 is 9.59 Å². The lowest BCUT2D eigenvalue weighted by Crippen LogP contribution is -2.64. The highest BCUT2D eigenvalue weighted by Crippen LogP contribution is 2.50. The molecule has 30 heavy (non-hydrogen) atoms. The van der Waals surface area contributed by atoms with E-state index in [1.807, 2.05) is 36.4 Å². The molecule has 0 bridgehead atoms. The van der Waals surface area contributed by atoms with Gasteiger partial charge in [0.2, 0.25) is 5.91 Å². The van der Waals surface area contributed by atoms with Crippen LogP contribution in [0.1, 0.15) is 79.8 Å². The molecular formula is C25H31N3O2. The van der Waals surface area contributed by atoms with E-state index in [0.29, 0.717) is 12.1 Å². The Morgan fingerprint density at radius 2 is 1.87 bits per heavy atom. The zero-order chi connectivity index (χ0) is 21.1. The van der Waals surface area contributed by atoms with E-state index < -0.39 is 5.54 Å². The lowest BCUT2D eigenvalue weighted by Gasteiger charge is -2.55. The standard InChI is InChI=1S/C25H31N3O2/c1-3-18(2)28-24(30)21-10-6-5-9-20(21)22(25(28)13-7-4-8-14-25)23(29)27-17-19-11-15-26-16-12-19/h5-6,9-12,15-16,18,22H,3-4,7-8,13-14,17H2,1-2H3,(H,27,29)/t18-,22+/m0/s1. The fraction of sp³-hybridized carbons (Fsp3) is 0.480. The van der Waals surface area contributed by atoms with Gasteiger partial charge in [-0.25, -0.2) is 0 Å². The monoisotopic (exact) mass is 405 g/mol. The average Bonchev–Trinajstić information content (AvgIpc) is 2.79. The van der Waals surface area contributed by atoms with Crippen molar-refractivity contribution >= 4 is 11.8 Å². The summed E-state index contributed by atoms with van der Waals surface area (Å²) in [6.45, 7) is 4.70. The van der Waals surface area contributed by atoms with Crippen molar-refractivity contribution in [2.75, 3.05) is 0 Å². The van der Waals surface area contributed by atoms with Crippen LogP contribution in [0.3, 0.4) is 0 Å². The van der Waals surface area contributed by atoms with Crippen LogP contribution in [0.4, 0.5) is 0 Å². The summed E-state index contributed by atoms with van der Waals surface area (Å²) in [7, 11) is 0. The molecular weight excluding hydrogens is 374 g/mol. The summed E-state index contributed by atoms with van der Waals surface area (Å²) >= 11 is 0. The third-order valence-electron chi connectivity index (χ3n) is 6.97. The van der Waals surface area contributed by atoms with E-state index in [2.05, 4.69) is 29.0 Å². The Morgan fingerprint density at radius 3 is 2.57 bits per heavy atom. The SMILES string of the molecule is CC[C@H](C)N1C(=O)c2ccccc2[C@H](C(=O)NCc2ccncc2)C12CCCCC2. The molecule has 1 aliphatic carbocycles. The fourth-order valence-electron chi connectivity index (χ4n) is 5.40. The Bertz CT molecular complexity index is 906. The number of hydrogen-bond donors (Lipinski definition) is 1. The first-order valence-electron chi connectivity index (χ1n) is 11.2. The molecule has 2 aromatic rings. The largest absolute Gasteiger partial charge is 0.351 e. The van der Waals surface area contributed by atoms with Crippen LogP contribution < -0.4 is 5.32 Å². The van der Waals surface area contributed by atoms with Gasteiger partial charge in [0.15, 0.2) is 0 Å². The van der Waals surface area contributed by atoms with Gasteiger partial charge in [0.1, 0.15) is 0 Å². The first kappa shape index (κ1) is 20.6. The van der Waals surface area contributed by atoms with Gasteiger partial charge in [-0.3, -0.25) is 14.6 Å². The van der Waals surface area contributed by atoms with Gasteiger partial charge in [-0.15, -0.1) is 0 Å². The first-order valence-corrected chi connectivity index (χ1v) is 11.2. The molecule has 1 fully saturated rings. The molecule has 0 saturated heterocycles. The van der Waals surface area contributed by atoms with Gasteiger partial charge in [0.05, 0.1) is 11.5 Å². The maximum atomic E-state index is 13.7. The van der Waals surface area contributed by atoms with Crippen molar-refractivity contribution in [3.8, 4) is 0 Å². The maximum absolute atomic E-state index is 13.7. The Hall–Kier alpha value is -2.69. The number of nitrogens with one attached hydrogen (secondary N) is 1. The van der Waals surface area contributed by atoms with Crippen molar-refractivity contribution in [3.63, 3.8) is 0 Å². The minimum absolute atomic E-state index is 0.0157. The van der Waals surface area contributed by atoms with E-state index in [1.54, 1.807) is 12.4 Å². The third kappa shape index (κ3) is 3.51. The molecule has 0 unspecified atom stereocenters. The summed E-state index contributed by atoms with van der Waals surface area (Å²) in [5, 5.41) is 3.17. The number of aromatic nitrogens is 1. The lowest BCUT2D eigenvalue weighted by molar-refractivity contribution is -0.128. The second kappa shape index (κ2) is 8.58. The molecule has 2 aliphatic rings. The molecule has 1 spiro atoms. The maximum Gasteiger partial charge on any atom is 0.254 e. The Morgan fingerprint density at radius 1 is 1.17 bits per heavy atom. The number of fused-ring (bicyclic) bond motifs is 1. The summed E-state index contributed by atoms with van der Waals surface area (Å²) in [6, 6.07) is 11.6. The van der Waals surface area contributed by atoms with E-state index in [4.69, 9.17) is 0 Å². The van der Waals surface area contributed by atoms with Crippen LogP contribution in [0.5, 0.6) is 0 Å². The number of nitrogens with zero attached hydrogens (tertiary/aromatic N) is 2. The Balaban J connectivity index is 1.76. The van der Waals surface area contributed by atoms with Gasteiger partial charge >= 0.3 is 0 Å². The highest BCUT2D eigenvalue weighted by molar-refractivity contribution is 6.02. The van der Waals surface area contributed by atoms with Gasteiger partial charge in [0, 0.05) is 30.5 Å². The highest BCUT2D eigenvalue weighted by atomic mass is 16.2. The topological polar surface area (TPSA) is 62.3 Å². The second-order valence-corrected chi connectivity index (χ2v) is 8.69. The minimum atomic E-state index is -0.443. The molecule has 5 heteroatoms. The minimum Gasteiger partial charge on any atom is -0.351 e. The van der Waals surface area contributed by atoms with Crippen molar-refractivity contribution in [2.45, 2.75) is 76.4 Å². The van der Waals surface area contributed by atoms with Crippen molar-refractivity contribution in [1.29, 1.82) is 0 Å². The first-order chi connectivity index (χ1) is 14.6. The highest BCUT2D eigenvalue weighted by Gasteiger charge is 2.55. The van der Waals surface area contributed by atoms with E-state index in [9.17, 15) is 9.59 Å². The molecule has 0 radical (unpaired) electrons. The summed E-state index contributed by atoms with van der Waals surface area (Å²) in [6.07, 6.45) is 9.38. The number of hydrogen-bond acceptors (Lipinski definition) is 3. The normalized spacial score (nSPS) is 21.2. The number of carbonyl (C=O) groups is 2. The van der Waals surface area contributed by atoms with Gasteiger partial charge in [0.25, 0.3) is 5.91 Å². The molecule has 2 atom stereocenters. The predicted molar refractivity (Wildman–Crippen MR) is 117 cm³/mol. The smallest absolute Gasteiger partial charge is 0.254 e. The third-order valence-corrected chi connectivity index (χ3v) is 6.97. The van der Waals surface area contributed by atoms with Crippen LogP contribution in [0.25, 0.3) is 0 Å². The van der Waals surface area contributed by atoms with Crippen LogP contribution in [0, 0.1) is 0 Å². The van der Waals surface area contributed by atoms with Crippen molar-refractivity contribution in [1.82, 2.24) is 15.2 Å². The van der Waals surface area contributed by atoms with Crippen molar-refractivity contribution in [3.05, 3.63) is 65.5 Å². The van der Waals surface area contributed by atoms with Gasteiger partial charge in [-0.1, -0.05) is 44.4 Å². The zero-order valence-electron chi connectivity index (χ0n) is 17.9. The molecule has 1 aromatic carbocycles. The van der Waals surface area contributed by atoms with Crippen LogP contribution in [-0.2, 0) is 11.3 Å². The lowest BCUT2D eigenvalue weighted by atomic mass is 9.64.